The van der Waals surface area contributed by atoms with Crippen LogP contribution in [0.2, 0.25) is 0 Å². The smallest absolute Gasteiger partial charge is 0.277 e. The molecule has 2 aromatic carbocycles. The molecule has 2 aromatic rings. The van der Waals surface area contributed by atoms with Crippen molar-refractivity contribution >= 4 is 12.1 Å². The Kier molecular flexibility index (Phi) is 5.94. The summed E-state index contributed by atoms with van der Waals surface area (Å²) in [4.78, 5) is 11.7. The maximum atomic E-state index is 11.7. The molecule has 0 radical (unpaired) electrons. The number of carbonyl (C=O) groups excluding carboxylic acids is 1. The summed E-state index contributed by atoms with van der Waals surface area (Å²) in [6.45, 7) is 3.55. The van der Waals surface area contributed by atoms with Gasteiger partial charge >= 0.3 is 0 Å². The number of amides is 1. The number of nitrogens with one attached hydrogen (secondary N) is 1. The van der Waals surface area contributed by atoms with Gasteiger partial charge in [-0.15, -0.1) is 6.58 Å². The number of allylic oxidation sites excluding steroid dienone is 1. The fourth-order valence-corrected chi connectivity index (χ4v) is 1.91. The molecule has 0 heterocycles. The van der Waals surface area contributed by atoms with E-state index in [0.717, 1.165) is 5.56 Å². The van der Waals surface area contributed by atoms with Crippen LogP contribution in [-0.4, -0.2) is 23.8 Å². The lowest BCUT2D eigenvalue weighted by Gasteiger charge is -2.09. The average molecular weight is 310 g/mol. The van der Waals surface area contributed by atoms with E-state index in [1.165, 1.54) is 6.21 Å². The minimum absolute atomic E-state index is 0.0973. The van der Waals surface area contributed by atoms with Crippen LogP contribution in [0.15, 0.2) is 66.3 Å². The molecule has 0 bridgehead atoms. The SMILES string of the molecule is C=CCc1ccccc1OCC(=O)NN=Cc1ccccc1O. The molecule has 5 heteroatoms. The number of aromatic hydroxyl groups is 1. The van der Waals surface area contributed by atoms with Crippen molar-refractivity contribution in [1.29, 1.82) is 0 Å². The van der Waals surface area contributed by atoms with Gasteiger partial charge in [-0.05, 0) is 30.2 Å². The largest absolute Gasteiger partial charge is 0.507 e. The summed E-state index contributed by atoms with van der Waals surface area (Å²) in [5.74, 6) is 0.359. The first-order valence-corrected chi connectivity index (χ1v) is 7.12. The minimum Gasteiger partial charge on any atom is -0.507 e. The molecule has 1 amide bonds. The van der Waals surface area contributed by atoms with Gasteiger partial charge in [-0.2, -0.15) is 5.10 Å². The van der Waals surface area contributed by atoms with E-state index in [1.54, 1.807) is 36.4 Å². The Balaban J connectivity index is 1.86. The zero-order chi connectivity index (χ0) is 16.5. The van der Waals surface area contributed by atoms with E-state index in [-0.39, 0.29) is 18.3 Å². The van der Waals surface area contributed by atoms with Crippen LogP contribution in [0, 0.1) is 0 Å². The van der Waals surface area contributed by atoms with Gasteiger partial charge in [-0.25, -0.2) is 5.43 Å². The standard InChI is InChI=1S/C18H18N2O3/c1-2-7-14-8-4-6-11-17(14)23-13-18(22)20-19-12-15-9-3-5-10-16(15)21/h2-6,8-12,21H,1,7,13H2,(H,20,22). The van der Waals surface area contributed by atoms with E-state index in [9.17, 15) is 9.90 Å². The highest BCUT2D eigenvalue weighted by Crippen LogP contribution is 2.18. The van der Waals surface area contributed by atoms with Gasteiger partial charge < -0.3 is 9.84 Å². The average Bonchev–Trinajstić information content (AvgIpc) is 2.56. The number of phenolic OH excluding ortho intramolecular Hbond substituents is 1. The van der Waals surface area contributed by atoms with Gasteiger partial charge in [0, 0.05) is 5.56 Å². The van der Waals surface area contributed by atoms with Gasteiger partial charge in [0.15, 0.2) is 6.61 Å². The van der Waals surface area contributed by atoms with Crippen LogP contribution in [0.5, 0.6) is 11.5 Å². The van der Waals surface area contributed by atoms with Crippen LogP contribution in [0.3, 0.4) is 0 Å². The summed E-state index contributed by atoms with van der Waals surface area (Å²) in [5, 5.41) is 13.4. The van der Waals surface area contributed by atoms with Gasteiger partial charge in [-0.3, -0.25) is 4.79 Å². The van der Waals surface area contributed by atoms with E-state index in [0.29, 0.717) is 17.7 Å². The molecule has 0 aliphatic heterocycles. The lowest BCUT2D eigenvalue weighted by atomic mass is 10.1. The maximum absolute atomic E-state index is 11.7. The number of hydrogen-bond acceptors (Lipinski definition) is 4. The number of phenols is 1. The molecule has 118 valence electrons. The Morgan fingerprint density at radius 1 is 1.22 bits per heavy atom. The van der Waals surface area contributed by atoms with Crippen LogP contribution < -0.4 is 10.2 Å². The Labute approximate surface area is 134 Å². The normalized spacial score (nSPS) is 10.4. The van der Waals surface area contributed by atoms with Gasteiger partial charge in [0.1, 0.15) is 11.5 Å². The molecule has 0 saturated carbocycles. The molecule has 0 spiro atoms. The van der Waals surface area contributed by atoms with Gasteiger partial charge in [-0.1, -0.05) is 36.4 Å². The van der Waals surface area contributed by atoms with Gasteiger partial charge in [0.25, 0.3) is 5.91 Å². The van der Waals surface area contributed by atoms with E-state index < -0.39 is 0 Å². The number of hydrogen-bond donors (Lipinski definition) is 2. The summed E-state index contributed by atoms with van der Waals surface area (Å²) >= 11 is 0. The maximum Gasteiger partial charge on any atom is 0.277 e. The van der Waals surface area contributed by atoms with Crippen molar-refractivity contribution in [3.05, 3.63) is 72.3 Å². The summed E-state index contributed by atoms with van der Waals surface area (Å²) in [6.07, 6.45) is 3.82. The first-order valence-electron chi connectivity index (χ1n) is 7.12. The highest BCUT2D eigenvalue weighted by atomic mass is 16.5. The van der Waals surface area contributed by atoms with Crippen molar-refractivity contribution in [3.63, 3.8) is 0 Å². The molecule has 0 aliphatic carbocycles. The van der Waals surface area contributed by atoms with Crippen LogP contribution in [-0.2, 0) is 11.2 Å². The molecule has 5 nitrogen and oxygen atoms in total. The second-order valence-electron chi connectivity index (χ2n) is 4.74. The zero-order valence-corrected chi connectivity index (χ0v) is 12.6. The Bertz CT molecular complexity index is 711. The number of benzene rings is 2. The first kappa shape index (κ1) is 16.3. The van der Waals surface area contributed by atoms with Crippen molar-refractivity contribution in [2.24, 2.45) is 5.10 Å². The van der Waals surface area contributed by atoms with E-state index in [1.807, 2.05) is 18.2 Å². The second kappa shape index (κ2) is 8.38. The van der Waals surface area contributed by atoms with Crippen molar-refractivity contribution in [1.82, 2.24) is 5.43 Å². The minimum atomic E-state index is -0.384. The molecule has 23 heavy (non-hydrogen) atoms. The zero-order valence-electron chi connectivity index (χ0n) is 12.6. The van der Waals surface area contributed by atoms with E-state index in [2.05, 4.69) is 17.1 Å². The molecule has 2 N–H and O–H groups in total. The summed E-state index contributed by atoms with van der Waals surface area (Å²) < 4.78 is 5.49. The Morgan fingerprint density at radius 2 is 1.96 bits per heavy atom. The fraction of sp³-hybridized carbons (Fsp3) is 0.111. The third kappa shape index (κ3) is 5.00. The van der Waals surface area contributed by atoms with E-state index >= 15 is 0 Å². The highest BCUT2D eigenvalue weighted by Gasteiger charge is 2.05. The molecule has 0 aromatic heterocycles. The molecule has 0 saturated heterocycles. The van der Waals surface area contributed by atoms with Gasteiger partial charge in [0.2, 0.25) is 0 Å². The van der Waals surface area contributed by atoms with Gasteiger partial charge in [0.05, 0.1) is 6.21 Å². The van der Waals surface area contributed by atoms with Crippen molar-refractivity contribution in [3.8, 4) is 11.5 Å². The summed E-state index contributed by atoms with van der Waals surface area (Å²) in [7, 11) is 0. The highest BCUT2D eigenvalue weighted by molar-refractivity contribution is 5.85. The third-order valence-corrected chi connectivity index (χ3v) is 3.03. The lowest BCUT2D eigenvalue weighted by Crippen LogP contribution is -2.24. The molecule has 0 fully saturated rings. The van der Waals surface area contributed by atoms with Crippen molar-refractivity contribution < 1.29 is 14.6 Å². The predicted molar refractivity (Wildman–Crippen MR) is 89.7 cm³/mol. The Hall–Kier alpha value is -3.08. The molecule has 0 atom stereocenters. The molecular formula is C18H18N2O3. The number of hydrazone groups is 1. The fourth-order valence-electron chi connectivity index (χ4n) is 1.91. The number of para-hydroxylation sites is 2. The van der Waals surface area contributed by atoms with Crippen LogP contribution >= 0.6 is 0 Å². The monoisotopic (exact) mass is 310 g/mol. The molecular weight excluding hydrogens is 292 g/mol. The number of nitrogens with zero attached hydrogens (tertiary/aromatic N) is 1. The predicted octanol–water partition coefficient (Wildman–Crippen LogP) is 2.65. The topological polar surface area (TPSA) is 70.9 Å². The quantitative estimate of drug-likeness (QED) is 0.469. The summed E-state index contributed by atoms with van der Waals surface area (Å²) in [6, 6.07) is 14.2. The van der Waals surface area contributed by atoms with Crippen LogP contribution in [0.4, 0.5) is 0 Å². The Morgan fingerprint density at radius 3 is 2.74 bits per heavy atom. The molecule has 2 rings (SSSR count). The molecule has 0 aliphatic rings. The van der Waals surface area contributed by atoms with Crippen LogP contribution in [0.25, 0.3) is 0 Å². The number of carbonyl (C=O) groups is 1. The van der Waals surface area contributed by atoms with Crippen molar-refractivity contribution in [2.75, 3.05) is 6.61 Å². The van der Waals surface area contributed by atoms with E-state index in [4.69, 9.17) is 4.74 Å². The first-order chi connectivity index (χ1) is 11.2. The molecule has 0 unspecified atom stereocenters. The summed E-state index contributed by atoms with van der Waals surface area (Å²) in [5.41, 5.74) is 3.84. The third-order valence-electron chi connectivity index (χ3n) is 3.03. The van der Waals surface area contributed by atoms with Crippen molar-refractivity contribution in [2.45, 2.75) is 6.42 Å². The number of ether oxygens (including phenoxy) is 1. The second-order valence-corrected chi connectivity index (χ2v) is 4.74. The van der Waals surface area contributed by atoms with Crippen LogP contribution in [0.1, 0.15) is 11.1 Å². The number of rotatable bonds is 7. The lowest BCUT2D eigenvalue weighted by molar-refractivity contribution is -0.123.